The molecule has 1 N–H and O–H groups in total. The largest absolute Gasteiger partial charge is 0.310 e. The highest BCUT2D eigenvalue weighted by Crippen LogP contribution is 2.20. The van der Waals surface area contributed by atoms with Gasteiger partial charge < -0.3 is 5.32 Å². The first-order valence-corrected chi connectivity index (χ1v) is 7.59. The Kier molecular flexibility index (Phi) is 5.16. The predicted molar refractivity (Wildman–Crippen MR) is 82.2 cm³/mol. The number of nitrogens with zero attached hydrogens (tertiary/aromatic N) is 2. The summed E-state index contributed by atoms with van der Waals surface area (Å²) in [5, 5.41) is 3.27. The molecule has 0 aromatic carbocycles. The van der Waals surface area contributed by atoms with E-state index in [0.29, 0.717) is 10.1 Å². The maximum atomic E-state index is 11.7. The molecule has 0 aliphatic rings. The maximum Gasteiger partial charge on any atom is 0.266 e. The molecule has 0 aliphatic heterocycles. The van der Waals surface area contributed by atoms with Crippen molar-refractivity contribution in [2.45, 2.75) is 13.1 Å². The fourth-order valence-electron chi connectivity index (χ4n) is 1.44. The first kappa shape index (κ1) is 14.0. The van der Waals surface area contributed by atoms with E-state index in [0.717, 1.165) is 17.4 Å². The van der Waals surface area contributed by atoms with Gasteiger partial charge in [0.1, 0.15) is 0 Å². The van der Waals surface area contributed by atoms with Gasteiger partial charge in [-0.15, -0.1) is 11.3 Å². The molecule has 0 unspecified atom stereocenters. The van der Waals surface area contributed by atoms with Crippen LogP contribution >= 0.6 is 45.5 Å². The molecule has 0 bridgehead atoms. The minimum Gasteiger partial charge on any atom is -0.310 e. The van der Waals surface area contributed by atoms with Crippen molar-refractivity contribution >= 4 is 45.5 Å². The van der Waals surface area contributed by atoms with Crippen molar-refractivity contribution < 1.29 is 0 Å². The molecule has 2 heterocycles. The summed E-state index contributed by atoms with van der Waals surface area (Å²) in [5.41, 5.74) is 0.00608. The Labute approximate surface area is 127 Å². The summed E-state index contributed by atoms with van der Waals surface area (Å²) < 4.78 is 3.04. The monoisotopic (exact) mass is 395 g/mol. The van der Waals surface area contributed by atoms with Gasteiger partial charge in [-0.2, -0.15) is 0 Å². The second kappa shape index (κ2) is 6.65. The number of aromatic nitrogens is 2. The average Bonchev–Trinajstić information content (AvgIpc) is 2.76. The van der Waals surface area contributed by atoms with Crippen LogP contribution in [0.25, 0.3) is 0 Å². The molecule has 0 radical (unpaired) electrons. The zero-order chi connectivity index (χ0) is 13.0. The van der Waals surface area contributed by atoms with E-state index in [-0.39, 0.29) is 5.56 Å². The quantitative estimate of drug-likeness (QED) is 0.624. The molecule has 0 amide bonds. The van der Waals surface area contributed by atoms with E-state index in [4.69, 9.17) is 11.6 Å². The fourth-order valence-corrected chi connectivity index (χ4v) is 2.97. The van der Waals surface area contributed by atoms with Crippen molar-refractivity contribution in [1.29, 1.82) is 0 Å². The summed E-state index contributed by atoms with van der Waals surface area (Å²) in [7, 11) is 0. The molecule has 96 valence electrons. The lowest BCUT2D eigenvalue weighted by Crippen LogP contribution is -2.28. The van der Waals surface area contributed by atoms with Gasteiger partial charge in [0.2, 0.25) is 0 Å². The summed E-state index contributed by atoms with van der Waals surface area (Å²) in [6.45, 7) is 2.10. The van der Waals surface area contributed by atoms with E-state index in [1.54, 1.807) is 28.4 Å². The van der Waals surface area contributed by atoms with Crippen LogP contribution in [0.2, 0.25) is 4.34 Å². The lowest BCUT2D eigenvalue weighted by Gasteiger charge is -2.06. The zero-order valence-electron chi connectivity index (χ0n) is 9.40. The second-order valence-corrected chi connectivity index (χ2v) is 6.58. The number of halogens is 2. The van der Waals surface area contributed by atoms with Gasteiger partial charge >= 0.3 is 0 Å². The third-order valence-electron chi connectivity index (χ3n) is 2.32. The fraction of sp³-hybridized carbons (Fsp3) is 0.273. The van der Waals surface area contributed by atoms with Crippen LogP contribution in [0.15, 0.2) is 29.5 Å². The smallest absolute Gasteiger partial charge is 0.266 e. The van der Waals surface area contributed by atoms with Gasteiger partial charge in [-0.05, 0) is 34.7 Å². The van der Waals surface area contributed by atoms with Gasteiger partial charge in [0.25, 0.3) is 5.56 Å². The van der Waals surface area contributed by atoms with Crippen LogP contribution in [0.5, 0.6) is 0 Å². The Bertz CT molecular complexity index is 584. The topological polar surface area (TPSA) is 46.9 Å². The van der Waals surface area contributed by atoms with Gasteiger partial charge in [0.15, 0.2) is 0 Å². The number of hydrogen-bond donors (Lipinski definition) is 1. The van der Waals surface area contributed by atoms with Gasteiger partial charge in [0.05, 0.1) is 14.2 Å². The lowest BCUT2D eigenvalue weighted by molar-refractivity contribution is 0.579. The molecule has 0 fully saturated rings. The van der Waals surface area contributed by atoms with E-state index in [1.165, 1.54) is 4.88 Å². The predicted octanol–water partition coefficient (Wildman–Crippen LogP) is 2.35. The van der Waals surface area contributed by atoms with E-state index < -0.39 is 0 Å². The maximum absolute atomic E-state index is 11.7. The number of thiophene rings is 1. The van der Waals surface area contributed by atoms with Gasteiger partial charge in [0, 0.05) is 30.7 Å². The van der Waals surface area contributed by atoms with Crippen molar-refractivity contribution in [2.24, 2.45) is 0 Å². The third kappa shape index (κ3) is 3.78. The summed E-state index contributed by atoms with van der Waals surface area (Å²) in [5.74, 6) is 0. The van der Waals surface area contributed by atoms with Gasteiger partial charge in [-0.25, -0.2) is 4.98 Å². The van der Waals surface area contributed by atoms with Gasteiger partial charge in [-0.3, -0.25) is 9.36 Å². The molecule has 0 saturated heterocycles. The summed E-state index contributed by atoms with van der Waals surface area (Å²) in [4.78, 5) is 16.9. The van der Waals surface area contributed by atoms with Crippen LogP contribution in [0, 0.1) is 3.57 Å². The normalized spacial score (nSPS) is 10.8. The molecule has 0 aliphatic carbocycles. The first-order chi connectivity index (χ1) is 8.66. The van der Waals surface area contributed by atoms with Crippen molar-refractivity contribution in [3.8, 4) is 0 Å². The molecule has 2 aromatic rings. The van der Waals surface area contributed by atoms with Crippen LogP contribution < -0.4 is 10.9 Å². The van der Waals surface area contributed by atoms with E-state index in [9.17, 15) is 4.79 Å². The van der Waals surface area contributed by atoms with Crippen molar-refractivity contribution in [1.82, 2.24) is 14.9 Å². The molecular weight excluding hydrogens is 385 g/mol. The summed E-state index contributed by atoms with van der Waals surface area (Å²) >= 11 is 9.40. The van der Waals surface area contributed by atoms with Crippen LogP contribution in [0.1, 0.15) is 4.88 Å². The first-order valence-electron chi connectivity index (χ1n) is 5.31. The van der Waals surface area contributed by atoms with Gasteiger partial charge in [-0.1, -0.05) is 11.6 Å². The Hall–Kier alpha value is -0.440. The minimum atomic E-state index is 0.00608. The van der Waals surface area contributed by atoms with Crippen LogP contribution in [0.4, 0.5) is 0 Å². The Morgan fingerprint density at radius 3 is 3.06 bits per heavy atom. The zero-order valence-corrected chi connectivity index (χ0v) is 13.1. The molecule has 2 aromatic heterocycles. The molecule has 4 nitrogen and oxygen atoms in total. The standard InChI is InChI=1S/C11H11ClIN3OS/c12-10-2-1-8(18-10)5-14-3-4-16-7-15-6-9(13)11(16)17/h1-2,6-7,14H,3-5H2. The number of hydrogen-bond acceptors (Lipinski definition) is 4. The Balaban J connectivity index is 1.82. The molecule has 7 heteroatoms. The number of rotatable bonds is 5. The van der Waals surface area contributed by atoms with Crippen LogP contribution in [-0.4, -0.2) is 16.1 Å². The molecule has 2 rings (SSSR count). The molecule has 0 spiro atoms. The van der Waals surface area contributed by atoms with Crippen LogP contribution in [0.3, 0.4) is 0 Å². The lowest BCUT2D eigenvalue weighted by atomic mass is 10.4. The SMILES string of the molecule is O=c1c(I)cncn1CCNCc1ccc(Cl)s1. The van der Waals surface area contributed by atoms with Crippen molar-refractivity contribution in [2.75, 3.05) is 6.54 Å². The van der Waals surface area contributed by atoms with Crippen molar-refractivity contribution in [3.05, 3.63) is 47.8 Å². The van der Waals surface area contributed by atoms with Crippen LogP contribution in [-0.2, 0) is 13.1 Å². The van der Waals surface area contributed by atoms with E-state index in [1.807, 2.05) is 34.7 Å². The highest BCUT2D eigenvalue weighted by molar-refractivity contribution is 14.1. The average molecular weight is 396 g/mol. The molecular formula is C11H11ClIN3OS. The molecule has 18 heavy (non-hydrogen) atoms. The van der Waals surface area contributed by atoms with E-state index >= 15 is 0 Å². The Morgan fingerprint density at radius 1 is 1.50 bits per heavy atom. The highest BCUT2D eigenvalue weighted by Gasteiger charge is 2.01. The van der Waals surface area contributed by atoms with E-state index in [2.05, 4.69) is 10.3 Å². The molecule has 0 atom stereocenters. The molecule has 0 saturated carbocycles. The number of nitrogens with one attached hydrogen (secondary N) is 1. The Morgan fingerprint density at radius 2 is 2.33 bits per heavy atom. The summed E-state index contributed by atoms with van der Waals surface area (Å²) in [6.07, 6.45) is 3.13. The summed E-state index contributed by atoms with van der Waals surface area (Å²) in [6, 6.07) is 3.89. The highest BCUT2D eigenvalue weighted by atomic mass is 127. The van der Waals surface area contributed by atoms with Crippen molar-refractivity contribution in [3.63, 3.8) is 0 Å². The second-order valence-electron chi connectivity index (χ2n) is 3.62. The third-order valence-corrected chi connectivity index (χ3v) is 4.29. The minimum absolute atomic E-state index is 0.00608.